The van der Waals surface area contributed by atoms with E-state index in [0.717, 1.165) is 45.5 Å². The Hall–Kier alpha value is -3.24. The smallest absolute Gasteiger partial charge is 0.465 e. The van der Waals surface area contributed by atoms with Gasteiger partial charge in [0.15, 0.2) is 0 Å². The summed E-state index contributed by atoms with van der Waals surface area (Å²) in [5.41, 5.74) is 2.36. The number of carbonyl (C=O) groups excluding carboxylic acids is 1. The molecule has 0 aliphatic heterocycles. The molecule has 0 unspecified atom stereocenters. The van der Waals surface area contributed by atoms with Gasteiger partial charge in [0.1, 0.15) is 11.6 Å². The van der Waals surface area contributed by atoms with Gasteiger partial charge in [-0.25, -0.2) is 9.78 Å². The Morgan fingerprint density at radius 2 is 1.84 bits per heavy atom. The van der Waals surface area contributed by atoms with E-state index >= 15 is 0 Å². The van der Waals surface area contributed by atoms with Gasteiger partial charge in [-0.15, -0.1) is 13.2 Å². The number of methoxy groups -OCH3 is 1. The van der Waals surface area contributed by atoms with Crippen molar-refractivity contribution in [2.24, 2.45) is 0 Å². The fourth-order valence-corrected chi connectivity index (χ4v) is 5.91. The fourth-order valence-electron chi connectivity index (χ4n) is 4.22. The molecular formula is C28H22BrF3N2O3S. The molecule has 38 heavy (non-hydrogen) atoms. The van der Waals surface area contributed by atoms with Crippen LogP contribution in [0.1, 0.15) is 40.2 Å². The Morgan fingerprint density at radius 1 is 1.11 bits per heavy atom. The van der Waals surface area contributed by atoms with E-state index < -0.39 is 12.3 Å². The third-order valence-corrected chi connectivity index (χ3v) is 7.73. The molecule has 0 spiro atoms. The summed E-state index contributed by atoms with van der Waals surface area (Å²) in [5.74, 6) is 0.478. The minimum atomic E-state index is -4.75. The Kier molecular flexibility index (Phi) is 7.54. The van der Waals surface area contributed by atoms with Crippen molar-refractivity contribution in [3.8, 4) is 5.75 Å². The van der Waals surface area contributed by atoms with E-state index in [4.69, 9.17) is 9.72 Å². The number of anilines is 1. The first kappa shape index (κ1) is 26.4. The van der Waals surface area contributed by atoms with Crippen molar-refractivity contribution in [2.45, 2.75) is 36.6 Å². The number of halogens is 4. The molecule has 1 aliphatic carbocycles. The second kappa shape index (κ2) is 10.9. The molecule has 1 heterocycles. The normalized spacial score (nSPS) is 13.4. The van der Waals surface area contributed by atoms with Crippen molar-refractivity contribution < 1.29 is 27.4 Å². The molecule has 0 radical (unpaired) electrons. The lowest BCUT2D eigenvalue weighted by molar-refractivity contribution is -0.274. The number of esters is 1. The summed E-state index contributed by atoms with van der Waals surface area (Å²) >= 11 is 4.90. The van der Waals surface area contributed by atoms with Crippen LogP contribution in [0.15, 0.2) is 82.3 Å². The van der Waals surface area contributed by atoms with Crippen LogP contribution in [0.2, 0.25) is 0 Å². The number of benzene rings is 3. The van der Waals surface area contributed by atoms with E-state index in [1.54, 1.807) is 18.2 Å². The third-order valence-electron chi connectivity index (χ3n) is 6.08. The predicted molar refractivity (Wildman–Crippen MR) is 144 cm³/mol. The standard InChI is InChI=1S/C28H22BrF3N2O3S/c1-36-27(35)23-13-12-21(14-24(23)29)38-34(16-17-6-10-20(11-7-17)37-28(30,31)32)26-25(18-8-9-18)22-5-3-2-4-19(22)15-33-26/h2-7,10-15,18H,8-9,16H2,1H3. The number of ether oxygens (including phenoxy) is 2. The number of pyridine rings is 1. The Balaban J connectivity index is 1.52. The second-order valence-corrected chi connectivity index (χ2v) is 10.8. The van der Waals surface area contributed by atoms with Gasteiger partial charge in [0, 0.05) is 26.5 Å². The maximum Gasteiger partial charge on any atom is 0.573 e. The number of alkyl halides is 3. The van der Waals surface area contributed by atoms with Crippen LogP contribution in [0.4, 0.5) is 19.0 Å². The highest BCUT2D eigenvalue weighted by Crippen LogP contribution is 2.48. The lowest BCUT2D eigenvalue weighted by Gasteiger charge is -2.26. The number of hydrogen-bond acceptors (Lipinski definition) is 6. The Labute approximate surface area is 230 Å². The van der Waals surface area contributed by atoms with E-state index in [1.807, 2.05) is 40.8 Å². The van der Waals surface area contributed by atoms with Crippen molar-refractivity contribution in [3.63, 3.8) is 0 Å². The minimum absolute atomic E-state index is 0.273. The summed E-state index contributed by atoms with van der Waals surface area (Å²) < 4.78 is 49.4. The maximum absolute atomic E-state index is 12.6. The lowest BCUT2D eigenvalue weighted by atomic mass is 10.0. The van der Waals surface area contributed by atoms with E-state index in [1.165, 1.54) is 31.2 Å². The molecule has 1 fully saturated rings. The highest BCUT2D eigenvalue weighted by Gasteiger charge is 2.32. The quantitative estimate of drug-likeness (QED) is 0.149. The summed E-state index contributed by atoms with van der Waals surface area (Å²) in [6.07, 6.45) is -0.754. The molecule has 4 aromatic rings. The van der Waals surface area contributed by atoms with Gasteiger partial charge in [-0.1, -0.05) is 36.4 Å². The Morgan fingerprint density at radius 3 is 2.50 bits per heavy atom. The van der Waals surface area contributed by atoms with Crippen LogP contribution in [-0.4, -0.2) is 24.4 Å². The molecule has 10 heteroatoms. The van der Waals surface area contributed by atoms with Crippen molar-refractivity contribution in [2.75, 3.05) is 11.4 Å². The van der Waals surface area contributed by atoms with Gasteiger partial charge >= 0.3 is 12.3 Å². The highest BCUT2D eigenvalue weighted by molar-refractivity contribution is 9.10. The summed E-state index contributed by atoms with van der Waals surface area (Å²) in [6.45, 7) is 0.373. The zero-order chi connectivity index (χ0) is 26.9. The van der Waals surface area contributed by atoms with Crippen molar-refractivity contribution >= 4 is 50.4 Å². The lowest BCUT2D eigenvalue weighted by Crippen LogP contribution is -2.18. The first-order valence-electron chi connectivity index (χ1n) is 11.8. The number of aromatic nitrogens is 1. The van der Waals surface area contributed by atoms with Crippen LogP contribution >= 0.6 is 27.9 Å². The third kappa shape index (κ3) is 6.07. The number of hydrogen-bond donors (Lipinski definition) is 0. The van der Waals surface area contributed by atoms with E-state index in [-0.39, 0.29) is 5.75 Å². The van der Waals surface area contributed by atoms with Crippen LogP contribution in [0.25, 0.3) is 10.8 Å². The van der Waals surface area contributed by atoms with Crippen molar-refractivity contribution in [1.29, 1.82) is 0 Å². The second-order valence-electron chi connectivity index (χ2n) is 8.81. The minimum Gasteiger partial charge on any atom is -0.465 e. The SMILES string of the molecule is COC(=O)c1ccc(SN(Cc2ccc(OC(F)(F)F)cc2)c2ncc3ccccc3c2C2CC2)cc1Br. The van der Waals surface area contributed by atoms with Gasteiger partial charge in [0.05, 0.1) is 19.2 Å². The molecule has 5 rings (SSSR count). The molecule has 0 bridgehead atoms. The number of fused-ring (bicyclic) bond motifs is 1. The molecule has 3 aromatic carbocycles. The van der Waals surface area contributed by atoms with Gasteiger partial charge in [-0.05, 0) is 87.9 Å². The number of rotatable bonds is 8. The molecule has 0 amide bonds. The molecular weight excluding hydrogens is 581 g/mol. The summed E-state index contributed by atoms with van der Waals surface area (Å²) in [4.78, 5) is 17.7. The zero-order valence-electron chi connectivity index (χ0n) is 20.2. The molecule has 196 valence electrons. The molecule has 0 saturated heterocycles. The van der Waals surface area contributed by atoms with Crippen molar-refractivity contribution in [3.05, 3.63) is 94.1 Å². The topological polar surface area (TPSA) is 51.7 Å². The van der Waals surface area contributed by atoms with Crippen LogP contribution in [0, 0.1) is 0 Å². The summed E-state index contributed by atoms with van der Waals surface area (Å²) in [7, 11) is 1.33. The van der Waals surface area contributed by atoms with E-state index in [2.05, 4.69) is 26.7 Å². The molecule has 1 aliphatic rings. The average Bonchev–Trinajstić information content (AvgIpc) is 3.73. The molecule has 1 saturated carbocycles. The summed E-state index contributed by atoms with van der Waals surface area (Å²) in [6, 6.07) is 19.3. The van der Waals surface area contributed by atoms with Crippen LogP contribution in [-0.2, 0) is 11.3 Å². The number of nitrogens with zero attached hydrogens (tertiary/aromatic N) is 2. The fraction of sp³-hybridized carbons (Fsp3) is 0.214. The van der Waals surface area contributed by atoms with Gasteiger partial charge in [-0.2, -0.15) is 0 Å². The molecule has 0 N–H and O–H groups in total. The van der Waals surface area contributed by atoms with Gasteiger partial charge < -0.3 is 9.47 Å². The van der Waals surface area contributed by atoms with E-state index in [0.29, 0.717) is 22.5 Å². The largest absolute Gasteiger partial charge is 0.573 e. The predicted octanol–water partition coefficient (Wildman–Crippen LogP) is 8.27. The van der Waals surface area contributed by atoms with Gasteiger partial charge in [-0.3, -0.25) is 4.31 Å². The van der Waals surface area contributed by atoms with Crippen molar-refractivity contribution in [1.82, 2.24) is 4.98 Å². The average molecular weight is 603 g/mol. The molecule has 0 atom stereocenters. The van der Waals surface area contributed by atoms with E-state index in [9.17, 15) is 18.0 Å². The maximum atomic E-state index is 12.6. The number of carbonyl (C=O) groups is 1. The first-order valence-corrected chi connectivity index (χ1v) is 13.3. The van der Waals surface area contributed by atoms with Gasteiger partial charge in [0.2, 0.25) is 0 Å². The Bertz CT molecular complexity index is 1480. The highest BCUT2D eigenvalue weighted by atomic mass is 79.9. The molecule has 1 aromatic heterocycles. The molecule has 5 nitrogen and oxygen atoms in total. The summed E-state index contributed by atoms with van der Waals surface area (Å²) in [5, 5.41) is 2.20. The van der Waals surface area contributed by atoms with Crippen LogP contribution in [0.5, 0.6) is 5.75 Å². The van der Waals surface area contributed by atoms with Gasteiger partial charge in [0.25, 0.3) is 0 Å². The van der Waals surface area contributed by atoms with Crippen LogP contribution in [0.3, 0.4) is 0 Å². The monoisotopic (exact) mass is 602 g/mol. The first-order chi connectivity index (χ1) is 18.2. The zero-order valence-corrected chi connectivity index (χ0v) is 22.6. The van der Waals surface area contributed by atoms with Crippen LogP contribution < -0.4 is 9.04 Å².